The molecule has 0 aromatic rings. The van der Waals surface area contributed by atoms with Gasteiger partial charge in [-0.2, -0.15) is 11.8 Å². The average molecular weight is 219 g/mol. The predicted molar refractivity (Wildman–Crippen MR) is 60.8 cm³/mol. The fraction of sp³-hybridized carbons (Fsp3) is 1.00. The van der Waals surface area contributed by atoms with E-state index in [4.69, 9.17) is 9.84 Å². The molecule has 4 unspecified atom stereocenters. The van der Waals surface area contributed by atoms with Crippen LogP contribution in [0.5, 0.6) is 0 Å². The van der Waals surface area contributed by atoms with Gasteiger partial charge in [0.2, 0.25) is 0 Å². The Morgan fingerprint density at radius 1 is 1.64 bits per heavy atom. The third-order valence-electron chi connectivity index (χ3n) is 2.89. The van der Waals surface area contributed by atoms with Gasteiger partial charge < -0.3 is 15.2 Å². The Kier molecular flexibility index (Phi) is 5.23. The number of aliphatic hydroxyl groups is 1. The lowest BCUT2D eigenvalue weighted by Gasteiger charge is -2.26. The monoisotopic (exact) mass is 219 g/mol. The van der Waals surface area contributed by atoms with Gasteiger partial charge in [0.25, 0.3) is 0 Å². The molecule has 2 N–H and O–H groups in total. The number of hydrogen-bond acceptors (Lipinski definition) is 4. The third kappa shape index (κ3) is 3.12. The van der Waals surface area contributed by atoms with Gasteiger partial charge >= 0.3 is 0 Å². The zero-order valence-electron chi connectivity index (χ0n) is 9.19. The molecule has 0 aliphatic carbocycles. The summed E-state index contributed by atoms with van der Waals surface area (Å²) in [7, 11) is 0. The van der Waals surface area contributed by atoms with Crippen LogP contribution in [-0.2, 0) is 4.74 Å². The first-order valence-corrected chi connectivity index (χ1v) is 6.49. The van der Waals surface area contributed by atoms with E-state index in [0.717, 1.165) is 13.0 Å². The summed E-state index contributed by atoms with van der Waals surface area (Å²) >= 11 is 1.71. The molecule has 1 aliphatic heterocycles. The third-order valence-corrected chi connectivity index (χ3v) is 4.06. The Morgan fingerprint density at radius 2 is 2.36 bits per heavy atom. The minimum Gasteiger partial charge on any atom is -0.395 e. The fourth-order valence-corrected chi connectivity index (χ4v) is 2.47. The van der Waals surface area contributed by atoms with Crippen LogP contribution in [0, 0.1) is 0 Å². The molecule has 0 bridgehead atoms. The molecule has 4 heteroatoms. The number of thioether (sulfide) groups is 1. The minimum atomic E-state index is 0.233. The Bertz CT molecular complexity index is 164. The molecule has 1 fully saturated rings. The van der Waals surface area contributed by atoms with Crippen LogP contribution in [0.1, 0.15) is 20.3 Å². The Hall–Kier alpha value is 0.230. The summed E-state index contributed by atoms with van der Waals surface area (Å²) in [4.78, 5) is 0. The minimum absolute atomic E-state index is 0.233. The number of hydrogen-bond donors (Lipinski definition) is 2. The van der Waals surface area contributed by atoms with E-state index in [2.05, 4.69) is 19.2 Å². The lowest BCUT2D eigenvalue weighted by atomic mass is 10.1. The van der Waals surface area contributed by atoms with Gasteiger partial charge in [-0.25, -0.2) is 0 Å². The molecule has 1 heterocycles. The maximum Gasteiger partial charge on any atom is 0.0700 e. The average Bonchev–Trinajstić information content (AvgIpc) is 2.54. The van der Waals surface area contributed by atoms with Crippen molar-refractivity contribution in [3.8, 4) is 0 Å². The quantitative estimate of drug-likeness (QED) is 0.720. The SMILES string of the molecule is CSC(CO)C(C)NC1CCOC1C. The molecule has 1 saturated heterocycles. The highest BCUT2D eigenvalue weighted by molar-refractivity contribution is 7.99. The molecule has 3 nitrogen and oxygen atoms in total. The lowest BCUT2D eigenvalue weighted by Crippen LogP contribution is -2.46. The van der Waals surface area contributed by atoms with Crippen LogP contribution in [0.3, 0.4) is 0 Å². The van der Waals surface area contributed by atoms with Crippen LogP contribution in [0.15, 0.2) is 0 Å². The van der Waals surface area contributed by atoms with Crippen molar-refractivity contribution in [1.29, 1.82) is 0 Å². The van der Waals surface area contributed by atoms with Crippen molar-refractivity contribution in [2.24, 2.45) is 0 Å². The van der Waals surface area contributed by atoms with E-state index in [1.807, 2.05) is 6.26 Å². The molecule has 1 rings (SSSR count). The summed E-state index contributed by atoms with van der Waals surface area (Å²) in [5.74, 6) is 0. The van der Waals surface area contributed by atoms with Gasteiger partial charge in [-0.1, -0.05) is 0 Å². The first kappa shape index (κ1) is 12.3. The smallest absolute Gasteiger partial charge is 0.0700 e. The van der Waals surface area contributed by atoms with Crippen molar-refractivity contribution in [3.63, 3.8) is 0 Å². The number of ether oxygens (including phenoxy) is 1. The summed E-state index contributed by atoms with van der Waals surface area (Å²) in [6.45, 7) is 5.32. The van der Waals surface area contributed by atoms with Gasteiger partial charge in [0.05, 0.1) is 12.7 Å². The second kappa shape index (κ2) is 5.95. The van der Waals surface area contributed by atoms with Gasteiger partial charge in [0.15, 0.2) is 0 Å². The van der Waals surface area contributed by atoms with Gasteiger partial charge in [-0.05, 0) is 26.5 Å². The van der Waals surface area contributed by atoms with Gasteiger partial charge in [0, 0.05) is 23.9 Å². The maximum atomic E-state index is 9.14. The summed E-state index contributed by atoms with van der Waals surface area (Å²) in [6, 6.07) is 0.787. The van der Waals surface area contributed by atoms with Crippen LogP contribution in [0.25, 0.3) is 0 Å². The Labute approximate surface area is 90.6 Å². The van der Waals surface area contributed by atoms with E-state index in [9.17, 15) is 0 Å². The number of aliphatic hydroxyl groups excluding tert-OH is 1. The first-order valence-electron chi connectivity index (χ1n) is 5.20. The standard InChI is InChI=1S/C10H21NO2S/c1-7(10(6-12)14-3)11-9-4-5-13-8(9)2/h7-12H,4-6H2,1-3H3. The van der Waals surface area contributed by atoms with E-state index in [0.29, 0.717) is 18.2 Å². The van der Waals surface area contributed by atoms with E-state index in [-0.39, 0.29) is 11.9 Å². The predicted octanol–water partition coefficient (Wildman–Crippen LogP) is 0.866. The second-order valence-corrected chi connectivity index (χ2v) is 4.96. The fourth-order valence-electron chi connectivity index (χ4n) is 1.83. The summed E-state index contributed by atoms with van der Waals surface area (Å²) in [5, 5.41) is 12.9. The van der Waals surface area contributed by atoms with Crippen LogP contribution < -0.4 is 5.32 Å². The number of rotatable bonds is 5. The van der Waals surface area contributed by atoms with E-state index in [1.54, 1.807) is 11.8 Å². The molecule has 4 atom stereocenters. The Balaban J connectivity index is 2.34. The van der Waals surface area contributed by atoms with Crippen molar-refractivity contribution >= 4 is 11.8 Å². The molecule has 1 aliphatic rings. The molecule has 84 valence electrons. The molecule has 0 aromatic heterocycles. The van der Waals surface area contributed by atoms with E-state index >= 15 is 0 Å². The molecule has 14 heavy (non-hydrogen) atoms. The summed E-state index contributed by atoms with van der Waals surface area (Å²) in [5.41, 5.74) is 0. The maximum absolute atomic E-state index is 9.14. The van der Waals surface area contributed by atoms with Crippen LogP contribution in [-0.4, -0.2) is 48.0 Å². The Morgan fingerprint density at radius 3 is 2.79 bits per heavy atom. The van der Waals surface area contributed by atoms with E-state index < -0.39 is 0 Å². The van der Waals surface area contributed by atoms with Crippen molar-refractivity contribution in [3.05, 3.63) is 0 Å². The molecule has 0 saturated carbocycles. The van der Waals surface area contributed by atoms with Crippen LogP contribution in [0.2, 0.25) is 0 Å². The highest BCUT2D eigenvalue weighted by Gasteiger charge is 2.27. The van der Waals surface area contributed by atoms with Crippen molar-refractivity contribution in [1.82, 2.24) is 5.32 Å². The zero-order chi connectivity index (χ0) is 10.6. The summed E-state index contributed by atoms with van der Waals surface area (Å²) < 4.78 is 5.48. The van der Waals surface area contributed by atoms with Crippen molar-refractivity contribution in [2.75, 3.05) is 19.5 Å². The molecular formula is C10H21NO2S. The van der Waals surface area contributed by atoms with Crippen molar-refractivity contribution < 1.29 is 9.84 Å². The molecule has 0 radical (unpaired) electrons. The number of nitrogens with one attached hydrogen (secondary N) is 1. The topological polar surface area (TPSA) is 41.5 Å². The highest BCUT2D eigenvalue weighted by Crippen LogP contribution is 2.16. The molecule has 0 aromatic carbocycles. The first-order chi connectivity index (χ1) is 6.69. The lowest BCUT2D eigenvalue weighted by molar-refractivity contribution is 0.110. The van der Waals surface area contributed by atoms with Gasteiger partial charge in [-0.15, -0.1) is 0 Å². The van der Waals surface area contributed by atoms with Crippen molar-refractivity contribution in [2.45, 2.75) is 43.7 Å². The van der Waals surface area contributed by atoms with E-state index in [1.165, 1.54) is 0 Å². The van der Waals surface area contributed by atoms with Gasteiger partial charge in [0.1, 0.15) is 0 Å². The molecular weight excluding hydrogens is 198 g/mol. The zero-order valence-corrected chi connectivity index (χ0v) is 10.0. The van der Waals surface area contributed by atoms with Gasteiger partial charge in [-0.3, -0.25) is 0 Å². The highest BCUT2D eigenvalue weighted by atomic mass is 32.2. The molecule has 0 amide bonds. The van der Waals surface area contributed by atoms with Crippen LogP contribution >= 0.6 is 11.8 Å². The molecule has 0 spiro atoms. The summed E-state index contributed by atoms with van der Waals surface area (Å²) in [6.07, 6.45) is 3.42. The largest absolute Gasteiger partial charge is 0.395 e. The second-order valence-electron chi connectivity index (χ2n) is 3.88. The normalized spacial score (nSPS) is 31.7. The van der Waals surface area contributed by atoms with Crippen LogP contribution in [0.4, 0.5) is 0 Å².